The van der Waals surface area contributed by atoms with Crippen LogP contribution in [0, 0.1) is 5.41 Å². The molecule has 0 unspecified atom stereocenters. The predicted octanol–water partition coefficient (Wildman–Crippen LogP) is 3.14. The number of thiophene rings is 1. The Kier molecular flexibility index (Phi) is 6.27. The molecule has 0 aromatic carbocycles. The first-order chi connectivity index (χ1) is 10.7. The Morgan fingerprint density at radius 1 is 1.35 bits per heavy atom. The summed E-state index contributed by atoms with van der Waals surface area (Å²) in [6.07, 6.45) is 4.20. The molecule has 2 aromatic rings. The van der Waals surface area contributed by atoms with Crippen LogP contribution in [0.3, 0.4) is 0 Å². The van der Waals surface area contributed by atoms with E-state index in [-0.39, 0.29) is 23.7 Å². The van der Waals surface area contributed by atoms with Crippen molar-refractivity contribution in [2.24, 2.45) is 5.41 Å². The summed E-state index contributed by atoms with van der Waals surface area (Å²) in [4.78, 5) is 13.8. The number of aromatic nitrogens is 1. The summed E-state index contributed by atoms with van der Waals surface area (Å²) in [5.41, 5.74) is 0.956. The van der Waals surface area contributed by atoms with Gasteiger partial charge in [0.1, 0.15) is 5.69 Å². The van der Waals surface area contributed by atoms with E-state index in [4.69, 9.17) is 0 Å². The number of amides is 1. The standard InChI is InChI=1S/C17H23N3OS.ClH/c1-17(6-8-18-9-7-17)13-19-16(21)15-5-2-10-20(15)12-14-4-3-11-22-14;/h2-5,10-11,18H,6-9,12-13H2,1H3,(H,19,21);1H. The average Bonchev–Trinajstić information content (AvgIpc) is 3.18. The zero-order chi connectivity index (χ0) is 15.4. The highest BCUT2D eigenvalue weighted by atomic mass is 35.5. The highest BCUT2D eigenvalue weighted by Gasteiger charge is 2.27. The molecule has 0 saturated carbocycles. The van der Waals surface area contributed by atoms with Gasteiger partial charge in [-0.15, -0.1) is 23.7 Å². The highest BCUT2D eigenvalue weighted by Crippen LogP contribution is 2.26. The molecular formula is C17H24ClN3OS. The van der Waals surface area contributed by atoms with Gasteiger partial charge < -0.3 is 15.2 Å². The van der Waals surface area contributed by atoms with E-state index in [1.807, 2.05) is 29.0 Å². The number of hydrogen-bond acceptors (Lipinski definition) is 3. The van der Waals surface area contributed by atoms with Crippen molar-refractivity contribution in [2.75, 3.05) is 19.6 Å². The largest absolute Gasteiger partial charge is 0.350 e. The van der Waals surface area contributed by atoms with Crippen molar-refractivity contribution in [3.8, 4) is 0 Å². The lowest BCUT2D eigenvalue weighted by atomic mass is 9.81. The van der Waals surface area contributed by atoms with Crippen LogP contribution >= 0.6 is 23.7 Å². The Bertz CT molecular complexity index is 618. The van der Waals surface area contributed by atoms with Gasteiger partial charge in [0.2, 0.25) is 0 Å². The second kappa shape index (κ2) is 7.99. The van der Waals surface area contributed by atoms with Crippen molar-refractivity contribution in [3.63, 3.8) is 0 Å². The summed E-state index contributed by atoms with van der Waals surface area (Å²) in [5.74, 6) is 0.0290. The molecule has 0 aliphatic carbocycles. The molecule has 4 nitrogen and oxygen atoms in total. The molecule has 0 bridgehead atoms. The van der Waals surface area contributed by atoms with E-state index in [0.717, 1.165) is 44.7 Å². The third kappa shape index (κ3) is 4.59. The highest BCUT2D eigenvalue weighted by molar-refractivity contribution is 7.09. The van der Waals surface area contributed by atoms with Gasteiger partial charge in [0.05, 0.1) is 6.54 Å². The number of rotatable bonds is 5. The minimum Gasteiger partial charge on any atom is -0.350 e. The predicted molar refractivity (Wildman–Crippen MR) is 97.6 cm³/mol. The lowest BCUT2D eigenvalue weighted by molar-refractivity contribution is 0.0913. The van der Waals surface area contributed by atoms with Crippen LogP contribution in [0.15, 0.2) is 35.8 Å². The van der Waals surface area contributed by atoms with Crippen molar-refractivity contribution in [3.05, 3.63) is 46.4 Å². The van der Waals surface area contributed by atoms with Crippen LogP contribution in [0.2, 0.25) is 0 Å². The smallest absolute Gasteiger partial charge is 0.267 e. The van der Waals surface area contributed by atoms with E-state index in [0.29, 0.717) is 0 Å². The zero-order valence-electron chi connectivity index (χ0n) is 13.4. The van der Waals surface area contributed by atoms with Crippen molar-refractivity contribution < 1.29 is 4.79 Å². The van der Waals surface area contributed by atoms with Crippen molar-refractivity contribution in [2.45, 2.75) is 26.3 Å². The molecule has 126 valence electrons. The topological polar surface area (TPSA) is 46.1 Å². The summed E-state index contributed by atoms with van der Waals surface area (Å²) in [6, 6.07) is 7.98. The molecule has 0 radical (unpaired) electrons. The molecule has 3 rings (SSSR count). The molecule has 1 fully saturated rings. The van der Waals surface area contributed by atoms with Crippen LogP contribution in [0.5, 0.6) is 0 Å². The van der Waals surface area contributed by atoms with E-state index in [9.17, 15) is 4.79 Å². The fourth-order valence-electron chi connectivity index (χ4n) is 2.92. The Hall–Kier alpha value is -1.30. The van der Waals surface area contributed by atoms with Crippen LogP contribution in [-0.4, -0.2) is 30.1 Å². The maximum Gasteiger partial charge on any atom is 0.267 e. The van der Waals surface area contributed by atoms with Crippen LogP contribution in [0.4, 0.5) is 0 Å². The lowest BCUT2D eigenvalue weighted by Crippen LogP contribution is -2.43. The van der Waals surface area contributed by atoms with Crippen molar-refractivity contribution in [1.29, 1.82) is 0 Å². The Morgan fingerprint density at radius 2 is 2.13 bits per heavy atom. The first-order valence-electron chi connectivity index (χ1n) is 7.83. The van der Waals surface area contributed by atoms with Gasteiger partial charge in [-0.05, 0) is 54.9 Å². The normalized spacial score (nSPS) is 16.6. The zero-order valence-corrected chi connectivity index (χ0v) is 15.0. The van der Waals surface area contributed by atoms with Gasteiger partial charge in [0, 0.05) is 17.6 Å². The molecule has 1 saturated heterocycles. The molecule has 6 heteroatoms. The minimum atomic E-state index is 0. The molecule has 1 aliphatic rings. The number of nitrogens with one attached hydrogen (secondary N) is 2. The SMILES string of the molecule is CC1(CNC(=O)c2cccn2Cc2cccs2)CCNCC1.Cl. The van der Waals surface area contributed by atoms with E-state index >= 15 is 0 Å². The fourth-order valence-corrected chi connectivity index (χ4v) is 3.62. The summed E-state index contributed by atoms with van der Waals surface area (Å²) in [5, 5.41) is 8.57. The van der Waals surface area contributed by atoms with E-state index in [1.165, 1.54) is 4.88 Å². The number of carbonyl (C=O) groups excluding carboxylic acids is 1. The minimum absolute atomic E-state index is 0. The Balaban J connectivity index is 0.00000192. The molecule has 0 atom stereocenters. The molecule has 2 aromatic heterocycles. The summed E-state index contributed by atoms with van der Waals surface area (Å²) >= 11 is 1.72. The summed E-state index contributed by atoms with van der Waals surface area (Å²) in [7, 11) is 0. The van der Waals surface area contributed by atoms with Gasteiger partial charge in [-0.25, -0.2) is 0 Å². The Labute approximate surface area is 147 Å². The van der Waals surface area contributed by atoms with Gasteiger partial charge >= 0.3 is 0 Å². The second-order valence-electron chi connectivity index (χ2n) is 6.34. The molecular weight excluding hydrogens is 330 g/mol. The summed E-state index contributed by atoms with van der Waals surface area (Å²) in [6.45, 7) is 5.85. The molecule has 1 aliphatic heterocycles. The number of nitrogens with zero attached hydrogens (tertiary/aromatic N) is 1. The monoisotopic (exact) mass is 353 g/mol. The lowest BCUT2D eigenvalue weighted by Gasteiger charge is -2.34. The second-order valence-corrected chi connectivity index (χ2v) is 7.38. The maximum atomic E-state index is 12.5. The van der Waals surface area contributed by atoms with Crippen LogP contribution in [0.1, 0.15) is 35.1 Å². The van der Waals surface area contributed by atoms with Gasteiger partial charge in [0.15, 0.2) is 0 Å². The molecule has 1 amide bonds. The first-order valence-corrected chi connectivity index (χ1v) is 8.71. The third-order valence-electron chi connectivity index (χ3n) is 4.45. The number of hydrogen-bond donors (Lipinski definition) is 2. The maximum absolute atomic E-state index is 12.5. The van der Waals surface area contributed by atoms with Gasteiger partial charge in [0.25, 0.3) is 5.91 Å². The molecule has 0 spiro atoms. The van der Waals surface area contributed by atoms with Crippen molar-refractivity contribution >= 4 is 29.7 Å². The molecule has 23 heavy (non-hydrogen) atoms. The van der Waals surface area contributed by atoms with Gasteiger partial charge in [-0.1, -0.05) is 13.0 Å². The average molecular weight is 354 g/mol. The van der Waals surface area contributed by atoms with E-state index < -0.39 is 0 Å². The quantitative estimate of drug-likeness (QED) is 0.867. The summed E-state index contributed by atoms with van der Waals surface area (Å²) < 4.78 is 2.02. The number of carbonyl (C=O) groups is 1. The van der Waals surface area contributed by atoms with Crippen molar-refractivity contribution in [1.82, 2.24) is 15.2 Å². The number of piperidine rings is 1. The van der Waals surface area contributed by atoms with Gasteiger partial charge in [-0.2, -0.15) is 0 Å². The van der Waals surface area contributed by atoms with E-state index in [2.05, 4.69) is 29.0 Å². The molecule has 3 heterocycles. The van der Waals surface area contributed by atoms with Crippen LogP contribution in [-0.2, 0) is 6.54 Å². The Morgan fingerprint density at radius 3 is 2.83 bits per heavy atom. The first kappa shape index (κ1) is 18.0. The molecule has 2 N–H and O–H groups in total. The van der Waals surface area contributed by atoms with Crippen LogP contribution < -0.4 is 10.6 Å². The van der Waals surface area contributed by atoms with Gasteiger partial charge in [-0.3, -0.25) is 4.79 Å². The number of halogens is 1. The van der Waals surface area contributed by atoms with Crippen LogP contribution in [0.25, 0.3) is 0 Å². The third-order valence-corrected chi connectivity index (χ3v) is 5.32. The van der Waals surface area contributed by atoms with E-state index in [1.54, 1.807) is 11.3 Å². The fraction of sp³-hybridized carbons (Fsp3) is 0.471.